The van der Waals surface area contributed by atoms with Crippen LogP contribution in [0.15, 0.2) is 0 Å². The van der Waals surface area contributed by atoms with Crippen LogP contribution in [0.2, 0.25) is 0 Å². The van der Waals surface area contributed by atoms with Crippen molar-refractivity contribution >= 4 is 30.6 Å². The maximum absolute atomic E-state index is 8.89. The van der Waals surface area contributed by atoms with Gasteiger partial charge in [-0.05, 0) is 11.2 Å². The third-order valence-corrected chi connectivity index (χ3v) is 0. The molecular formula is HCuNaO7S3. The van der Waals surface area contributed by atoms with Gasteiger partial charge in [-0.1, -0.05) is 0 Å². The van der Waals surface area contributed by atoms with Gasteiger partial charge in [0.15, 0.2) is 0 Å². The molecule has 0 aliphatic carbocycles. The molecule has 0 aliphatic rings. The Morgan fingerprint density at radius 2 is 1.08 bits per heavy atom. The summed E-state index contributed by atoms with van der Waals surface area (Å²) in [5.74, 6) is 0. The maximum atomic E-state index is 8.89. The average Bonchev–Trinajstić information content (AvgIpc) is 1.12. The van der Waals surface area contributed by atoms with Crippen molar-refractivity contribution in [3.8, 4) is 0 Å². The van der Waals surface area contributed by atoms with Crippen LogP contribution < -0.4 is 29.6 Å². The summed E-state index contributed by atoms with van der Waals surface area (Å²) in [7, 11) is -9.25. The van der Waals surface area contributed by atoms with Gasteiger partial charge in [0.2, 0.25) is 10.4 Å². The molecule has 1 N–H and O–H groups in total. The van der Waals surface area contributed by atoms with E-state index in [-0.39, 0.29) is 46.6 Å². The van der Waals surface area contributed by atoms with Gasteiger partial charge in [-0.25, -0.2) is 8.42 Å². The molecule has 0 aromatic rings. The molecule has 73 valence electrons. The molecule has 0 aliphatic heterocycles. The monoisotopic (exact) mass is 295 g/mol. The summed E-state index contributed by atoms with van der Waals surface area (Å²) in [4.78, 5) is 0. The van der Waals surface area contributed by atoms with E-state index >= 15 is 0 Å². The third-order valence-electron chi connectivity index (χ3n) is 0. The van der Waals surface area contributed by atoms with E-state index in [1.807, 2.05) is 0 Å². The van der Waals surface area contributed by atoms with Crippen molar-refractivity contribution < 1.29 is 77.5 Å². The van der Waals surface area contributed by atoms with Gasteiger partial charge < -0.3 is 13.7 Å². The van der Waals surface area contributed by atoms with Crippen LogP contribution in [0.4, 0.5) is 0 Å². The summed E-state index contributed by atoms with van der Waals surface area (Å²) >= 11 is 3.24. The molecule has 0 rings (SSSR count). The topological polar surface area (TPSA) is 141 Å². The Bertz CT molecular complexity index is 215. The van der Waals surface area contributed by atoms with E-state index in [2.05, 4.69) is 11.2 Å². The molecule has 0 aromatic heterocycles. The molecule has 0 bridgehead atoms. The van der Waals surface area contributed by atoms with Crippen molar-refractivity contribution in [2.24, 2.45) is 0 Å². The van der Waals surface area contributed by atoms with E-state index < -0.39 is 19.5 Å². The molecule has 0 atom stereocenters. The molecule has 12 heteroatoms. The summed E-state index contributed by atoms with van der Waals surface area (Å²) in [5.41, 5.74) is 0. The minimum atomic E-state index is -4.92. The summed E-state index contributed by atoms with van der Waals surface area (Å²) < 4.78 is 59.5. The average molecular weight is 296 g/mol. The molecule has 0 amide bonds. The first kappa shape index (κ1) is 23.5. The van der Waals surface area contributed by atoms with Gasteiger partial charge >= 0.3 is 46.6 Å². The van der Waals surface area contributed by atoms with Crippen LogP contribution in [-0.4, -0.2) is 30.8 Å². The Morgan fingerprint density at radius 3 is 1.08 bits per heavy atom. The first-order valence-corrected chi connectivity index (χ1v) is 5.05. The Morgan fingerprint density at radius 1 is 1.08 bits per heavy atom. The van der Waals surface area contributed by atoms with Gasteiger partial charge in [-0.15, -0.1) is 9.05 Å². The van der Waals surface area contributed by atoms with Crippen molar-refractivity contribution in [3.63, 3.8) is 0 Å². The van der Waals surface area contributed by atoms with Crippen molar-refractivity contribution in [1.29, 1.82) is 0 Å². The normalized spacial score (nSPS) is 9.67. The predicted octanol–water partition coefficient (Wildman–Crippen LogP) is -5.00. The van der Waals surface area contributed by atoms with Gasteiger partial charge in [0, 0.05) is 0 Å². The van der Waals surface area contributed by atoms with E-state index in [1.54, 1.807) is 0 Å². The van der Waals surface area contributed by atoms with Gasteiger partial charge in [-0.2, -0.15) is 0 Å². The molecule has 1 radical (unpaired) electrons. The van der Waals surface area contributed by atoms with Crippen LogP contribution in [0.25, 0.3) is 0 Å². The largest absolute Gasteiger partial charge is 2.00 e. The van der Waals surface area contributed by atoms with Gasteiger partial charge in [0.25, 0.3) is 0 Å². The molecule has 0 fully saturated rings. The Hall–Kier alpha value is 1.68. The second-order valence-corrected chi connectivity index (χ2v) is 3.73. The van der Waals surface area contributed by atoms with Crippen LogP contribution in [0, 0.1) is 0 Å². The van der Waals surface area contributed by atoms with Crippen LogP contribution in [-0.2, 0) is 47.7 Å². The quantitative estimate of drug-likeness (QED) is 0.266. The molecule has 0 heterocycles. The molecule has 12 heavy (non-hydrogen) atoms. The van der Waals surface area contributed by atoms with E-state index in [0.29, 0.717) is 0 Å². The minimum absolute atomic E-state index is 0. The molecule has 0 saturated carbocycles. The standard InChI is InChI=1S/Cu.Na.H2O4S.H2O3S2/c;;2*1-5(2,3)4/h;;2*(H2,1,2,3,4)/q+2;+1;;/p-3. The molecular weight excluding hydrogens is 295 g/mol. The number of rotatable bonds is 0. The van der Waals surface area contributed by atoms with Crippen LogP contribution >= 0.6 is 0 Å². The zero-order chi connectivity index (χ0) is 9.00. The van der Waals surface area contributed by atoms with Crippen molar-refractivity contribution in [2.75, 3.05) is 0 Å². The number of hydrogen-bond donors (Lipinski definition) is 1. The Balaban J connectivity index is -0.0000000457. The summed E-state index contributed by atoms with van der Waals surface area (Å²) in [6.07, 6.45) is 0. The maximum Gasteiger partial charge on any atom is 2.00 e. The summed E-state index contributed by atoms with van der Waals surface area (Å²) in [6, 6.07) is 0. The fraction of sp³-hybridized carbons (Fsp3) is 0. The van der Waals surface area contributed by atoms with Crippen LogP contribution in [0.5, 0.6) is 0 Å². The summed E-state index contributed by atoms with van der Waals surface area (Å²) in [6.45, 7) is 0. The van der Waals surface area contributed by atoms with Gasteiger partial charge in [0.1, 0.15) is 0 Å². The zero-order valence-corrected chi connectivity index (χ0v) is 10.8. The van der Waals surface area contributed by atoms with Crippen molar-refractivity contribution in [2.45, 2.75) is 0 Å². The zero-order valence-electron chi connectivity index (χ0n) is 5.42. The second kappa shape index (κ2) is 9.24. The van der Waals surface area contributed by atoms with E-state index in [1.165, 1.54) is 0 Å². The Labute approximate surface area is 107 Å². The van der Waals surface area contributed by atoms with E-state index in [4.69, 9.17) is 30.8 Å². The van der Waals surface area contributed by atoms with Crippen molar-refractivity contribution in [3.05, 3.63) is 0 Å². The van der Waals surface area contributed by atoms with Gasteiger partial charge in [0.05, 0.1) is 0 Å². The van der Waals surface area contributed by atoms with Crippen molar-refractivity contribution in [1.82, 2.24) is 0 Å². The Kier molecular flexibility index (Phi) is 18.1. The fourth-order valence-corrected chi connectivity index (χ4v) is 0. The molecule has 0 aromatic carbocycles. The SMILES string of the molecule is O=S(=O)([O-])O.O=S([O-])([O-])=S.[Cu+2].[Na+]. The van der Waals surface area contributed by atoms with Crippen LogP contribution in [0.1, 0.15) is 0 Å². The predicted molar refractivity (Wildman–Crippen MR) is 29.4 cm³/mol. The fourth-order valence-electron chi connectivity index (χ4n) is 0. The molecule has 7 nitrogen and oxygen atoms in total. The first-order valence-electron chi connectivity index (χ1n) is 1.35. The van der Waals surface area contributed by atoms with E-state index in [0.717, 1.165) is 0 Å². The minimum Gasteiger partial charge on any atom is -0.780 e. The second-order valence-electron chi connectivity index (χ2n) is 0.836. The number of hydrogen-bond acceptors (Lipinski definition) is 7. The van der Waals surface area contributed by atoms with E-state index in [9.17, 15) is 0 Å². The summed E-state index contributed by atoms with van der Waals surface area (Å²) in [5, 5.41) is 0. The first-order chi connectivity index (χ1) is 4.00. The molecule has 0 saturated heterocycles. The molecule has 0 unspecified atom stereocenters. The van der Waals surface area contributed by atoms with Gasteiger partial charge in [-0.3, -0.25) is 8.76 Å². The molecule has 0 spiro atoms. The van der Waals surface area contributed by atoms with Crippen LogP contribution in [0.3, 0.4) is 0 Å². The smallest absolute Gasteiger partial charge is 0.780 e. The third kappa shape index (κ3) is 472.